The Morgan fingerprint density at radius 1 is 1.22 bits per heavy atom. The summed E-state index contributed by atoms with van der Waals surface area (Å²) in [6.45, 7) is 7.91. The van der Waals surface area contributed by atoms with Gasteiger partial charge in [-0.05, 0) is 36.9 Å². The fourth-order valence-corrected chi connectivity index (χ4v) is 3.76. The molecule has 2 aliphatic rings. The summed E-state index contributed by atoms with van der Waals surface area (Å²) in [7, 11) is 0. The predicted octanol–water partition coefficient (Wildman–Crippen LogP) is 2.33. The molecular weight excluding hydrogens is 288 g/mol. The molecule has 126 valence electrons. The van der Waals surface area contributed by atoms with Gasteiger partial charge in [0.05, 0.1) is 25.3 Å². The molecule has 0 unspecified atom stereocenters. The van der Waals surface area contributed by atoms with Crippen molar-refractivity contribution in [2.24, 2.45) is 0 Å². The van der Waals surface area contributed by atoms with Gasteiger partial charge in [-0.25, -0.2) is 0 Å². The van der Waals surface area contributed by atoms with Crippen molar-refractivity contribution < 1.29 is 9.53 Å². The van der Waals surface area contributed by atoms with Crippen LogP contribution in [0.1, 0.15) is 38.7 Å². The van der Waals surface area contributed by atoms with Gasteiger partial charge in [-0.2, -0.15) is 0 Å². The number of benzene rings is 1. The van der Waals surface area contributed by atoms with Crippen molar-refractivity contribution in [3.8, 4) is 0 Å². The van der Waals surface area contributed by atoms with Crippen molar-refractivity contribution in [3.05, 3.63) is 35.9 Å². The number of carbonyl (C=O) groups is 1. The minimum absolute atomic E-state index is 0.124. The maximum Gasteiger partial charge on any atom is 0.221 e. The van der Waals surface area contributed by atoms with E-state index in [2.05, 4.69) is 36.2 Å². The zero-order valence-corrected chi connectivity index (χ0v) is 14.3. The van der Waals surface area contributed by atoms with Crippen molar-refractivity contribution in [2.45, 2.75) is 50.6 Å². The summed E-state index contributed by atoms with van der Waals surface area (Å²) in [5.41, 5.74) is 1.04. The maximum atomic E-state index is 12.6. The second-order valence-corrected chi connectivity index (χ2v) is 7.45. The molecule has 0 bridgehead atoms. The van der Waals surface area contributed by atoms with Gasteiger partial charge < -0.3 is 10.1 Å². The van der Waals surface area contributed by atoms with Crippen LogP contribution in [0.3, 0.4) is 0 Å². The molecule has 2 aliphatic heterocycles. The Labute approximate surface area is 139 Å². The lowest BCUT2D eigenvalue weighted by atomic mass is 9.81. The highest BCUT2D eigenvalue weighted by Crippen LogP contribution is 2.27. The molecule has 1 N–H and O–H groups in total. The van der Waals surface area contributed by atoms with Crippen molar-refractivity contribution >= 4 is 5.91 Å². The number of carbonyl (C=O) groups excluding carboxylic acids is 1. The van der Waals surface area contributed by atoms with Crippen LogP contribution in [-0.2, 0) is 14.9 Å². The Bertz CT molecular complexity index is 523. The van der Waals surface area contributed by atoms with E-state index in [1.54, 1.807) is 0 Å². The van der Waals surface area contributed by atoms with Gasteiger partial charge in [0.25, 0.3) is 0 Å². The summed E-state index contributed by atoms with van der Waals surface area (Å²) in [4.78, 5) is 15.0. The first kappa shape index (κ1) is 16.5. The third-order valence-electron chi connectivity index (χ3n) is 5.16. The van der Waals surface area contributed by atoms with Crippen molar-refractivity contribution in [2.75, 3.05) is 26.3 Å². The Balaban J connectivity index is 1.58. The van der Waals surface area contributed by atoms with Crippen LogP contribution < -0.4 is 5.32 Å². The van der Waals surface area contributed by atoms with E-state index in [9.17, 15) is 4.79 Å². The van der Waals surface area contributed by atoms with Crippen molar-refractivity contribution in [3.63, 3.8) is 0 Å². The van der Waals surface area contributed by atoms with E-state index in [4.69, 9.17) is 4.74 Å². The summed E-state index contributed by atoms with van der Waals surface area (Å²) >= 11 is 0. The normalized spacial score (nSPS) is 25.7. The molecule has 2 fully saturated rings. The van der Waals surface area contributed by atoms with Crippen LogP contribution in [0.25, 0.3) is 0 Å². The molecule has 3 rings (SSSR count). The molecule has 2 saturated heterocycles. The molecule has 1 aromatic rings. The van der Waals surface area contributed by atoms with E-state index >= 15 is 0 Å². The molecule has 0 radical (unpaired) electrons. The third-order valence-corrected chi connectivity index (χ3v) is 5.16. The van der Waals surface area contributed by atoms with E-state index in [0.29, 0.717) is 19.1 Å². The van der Waals surface area contributed by atoms with Gasteiger partial charge in [0.1, 0.15) is 0 Å². The zero-order chi connectivity index (χ0) is 16.3. The Kier molecular flexibility index (Phi) is 5.02. The van der Waals surface area contributed by atoms with E-state index in [-0.39, 0.29) is 17.4 Å². The largest absolute Gasteiger partial charge is 0.378 e. The lowest BCUT2D eigenvalue weighted by molar-refractivity contribution is -0.123. The topological polar surface area (TPSA) is 41.6 Å². The number of rotatable bonds is 5. The minimum atomic E-state index is -0.159. The molecule has 4 heteroatoms. The average Bonchev–Trinajstić information content (AvgIpc) is 3.18. The fraction of sp³-hybridized carbons (Fsp3) is 0.632. The van der Waals surface area contributed by atoms with Crippen molar-refractivity contribution in [1.82, 2.24) is 10.2 Å². The van der Waals surface area contributed by atoms with Crippen LogP contribution >= 0.6 is 0 Å². The van der Waals surface area contributed by atoms with Gasteiger partial charge in [0.15, 0.2) is 0 Å². The summed E-state index contributed by atoms with van der Waals surface area (Å²) < 4.78 is 5.64. The van der Waals surface area contributed by atoms with Crippen LogP contribution in [0, 0.1) is 0 Å². The molecular formula is C19H28N2O2. The Morgan fingerprint density at radius 3 is 2.61 bits per heavy atom. The first-order valence-corrected chi connectivity index (χ1v) is 8.73. The second kappa shape index (κ2) is 7.02. The van der Waals surface area contributed by atoms with Gasteiger partial charge in [0, 0.05) is 6.42 Å². The maximum absolute atomic E-state index is 12.6. The first-order valence-electron chi connectivity index (χ1n) is 8.73. The number of amides is 1. The molecule has 2 heterocycles. The SMILES string of the molecule is CC(C)(CC(=O)N[C@H]1COC[C@@H]1N1CCCC1)c1ccccc1. The zero-order valence-electron chi connectivity index (χ0n) is 14.3. The molecule has 0 aromatic heterocycles. The quantitative estimate of drug-likeness (QED) is 0.906. The monoisotopic (exact) mass is 316 g/mol. The van der Waals surface area contributed by atoms with Gasteiger partial charge >= 0.3 is 0 Å². The standard InChI is InChI=1S/C19H28N2O2/c1-19(2,15-8-4-3-5-9-15)12-18(22)20-16-13-23-14-17(16)21-10-6-7-11-21/h3-5,8-9,16-17H,6-7,10-14H2,1-2H3,(H,20,22)/t16-,17-/m0/s1. The van der Waals surface area contributed by atoms with Gasteiger partial charge in [-0.15, -0.1) is 0 Å². The molecule has 4 nitrogen and oxygen atoms in total. The summed E-state index contributed by atoms with van der Waals surface area (Å²) in [5, 5.41) is 3.23. The number of likely N-dealkylation sites (tertiary alicyclic amines) is 1. The molecule has 0 aliphatic carbocycles. The Hall–Kier alpha value is -1.39. The highest BCUT2D eigenvalue weighted by atomic mass is 16.5. The fourth-order valence-electron chi connectivity index (χ4n) is 3.76. The number of hydrogen-bond acceptors (Lipinski definition) is 3. The summed E-state index contributed by atoms with van der Waals surface area (Å²) in [6, 6.07) is 10.7. The van der Waals surface area contributed by atoms with Crippen LogP contribution in [0.4, 0.5) is 0 Å². The van der Waals surface area contributed by atoms with Crippen LogP contribution in [0.5, 0.6) is 0 Å². The number of nitrogens with one attached hydrogen (secondary N) is 1. The predicted molar refractivity (Wildman–Crippen MR) is 91.4 cm³/mol. The highest BCUT2D eigenvalue weighted by Gasteiger charge is 2.36. The molecule has 1 aromatic carbocycles. The Morgan fingerprint density at radius 2 is 1.91 bits per heavy atom. The van der Waals surface area contributed by atoms with Crippen LogP contribution in [-0.4, -0.2) is 49.2 Å². The summed E-state index contributed by atoms with van der Waals surface area (Å²) in [6.07, 6.45) is 3.02. The van der Waals surface area contributed by atoms with E-state index < -0.39 is 0 Å². The first-order chi connectivity index (χ1) is 11.1. The van der Waals surface area contributed by atoms with Crippen LogP contribution in [0.15, 0.2) is 30.3 Å². The molecule has 2 atom stereocenters. The highest BCUT2D eigenvalue weighted by molar-refractivity contribution is 5.78. The minimum Gasteiger partial charge on any atom is -0.378 e. The summed E-state index contributed by atoms with van der Waals surface area (Å²) in [5.74, 6) is 0.124. The van der Waals surface area contributed by atoms with E-state index in [1.165, 1.54) is 18.4 Å². The van der Waals surface area contributed by atoms with Gasteiger partial charge in [-0.3, -0.25) is 9.69 Å². The van der Waals surface area contributed by atoms with Crippen LogP contribution in [0.2, 0.25) is 0 Å². The lowest BCUT2D eigenvalue weighted by Gasteiger charge is -2.30. The molecule has 0 spiro atoms. The van der Waals surface area contributed by atoms with Crippen molar-refractivity contribution in [1.29, 1.82) is 0 Å². The third kappa shape index (κ3) is 3.93. The average molecular weight is 316 g/mol. The molecule has 23 heavy (non-hydrogen) atoms. The van der Waals surface area contributed by atoms with Gasteiger partial charge in [0.2, 0.25) is 5.91 Å². The smallest absolute Gasteiger partial charge is 0.221 e. The number of nitrogens with zero attached hydrogens (tertiary/aromatic N) is 1. The second-order valence-electron chi connectivity index (χ2n) is 7.45. The number of hydrogen-bond donors (Lipinski definition) is 1. The lowest BCUT2D eigenvalue weighted by Crippen LogP contribution is -2.50. The molecule has 0 saturated carbocycles. The van der Waals surface area contributed by atoms with E-state index in [0.717, 1.165) is 19.7 Å². The number of ether oxygens (including phenoxy) is 1. The van der Waals surface area contributed by atoms with E-state index in [1.807, 2.05) is 18.2 Å². The molecule has 1 amide bonds. The van der Waals surface area contributed by atoms with Gasteiger partial charge in [-0.1, -0.05) is 44.2 Å².